The van der Waals surface area contributed by atoms with Crippen LogP contribution in [-0.4, -0.2) is 23.4 Å². The molecule has 0 aliphatic carbocycles. The van der Waals surface area contributed by atoms with E-state index < -0.39 is 0 Å². The van der Waals surface area contributed by atoms with Crippen molar-refractivity contribution in [2.75, 3.05) is 6.54 Å². The Morgan fingerprint density at radius 1 is 1.37 bits per heavy atom. The zero-order chi connectivity index (χ0) is 13.4. The first kappa shape index (κ1) is 12.7. The summed E-state index contributed by atoms with van der Waals surface area (Å²) in [5.41, 5.74) is 0.752. The van der Waals surface area contributed by atoms with Crippen LogP contribution in [0.25, 0.3) is 11.0 Å². The Bertz CT molecular complexity index is 620. The van der Waals surface area contributed by atoms with Crippen molar-refractivity contribution in [3.63, 3.8) is 0 Å². The Kier molecular flexibility index (Phi) is 3.35. The van der Waals surface area contributed by atoms with Crippen molar-refractivity contribution in [3.8, 4) is 0 Å². The molecule has 1 unspecified atom stereocenters. The van der Waals surface area contributed by atoms with E-state index in [9.17, 15) is 4.79 Å². The molecule has 0 radical (unpaired) electrons. The predicted molar refractivity (Wildman–Crippen MR) is 78.3 cm³/mol. The van der Waals surface area contributed by atoms with Crippen LogP contribution in [0, 0.1) is 0 Å². The lowest BCUT2D eigenvalue weighted by Crippen LogP contribution is -2.41. The maximum absolute atomic E-state index is 12.5. The SMILES string of the molecule is CC1CCCCN1C(=O)c1cc2ccc(Br)cc2o1. The number of likely N-dealkylation sites (tertiary alicyclic amines) is 1. The first-order valence-electron chi connectivity index (χ1n) is 6.65. The van der Waals surface area contributed by atoms with E-state index in [0.29, 0.717) is 11.8 Å². The summed E-state index contributed by atoms with van der Waals surface area (Å²) in [5.74, 6) is 0.460. The molecule has 19 heavy (non-hydrogen) atoms. The van der Waals surface area contributed by atoms with E-state index in [0.717, 1.165) is 34.8 Å². The topological polar surface area (TPSA) is 33.5 Å². The lowest BCUT2D eigenvalue weighted by Gasteiger charge is -2.32. The third-order valence-electron chi connectivity index (χ3n) is 3.76. The summed E-state index contributed by atoms with van der Waals surface area (Å²) in [6, 6.07) is 7.95. The number of benzene rings is 1. The van der Waals surface area contributed by atoms with E-state index >= 15 is 0 Å². The van der Waals surface area contributed by atoms with Gasteiger partial charge in [0.2, 0.25) is 0 Å². The first-order valence-corrected chi connectivity index (χ1v) is 7.44. The monoisotopic (exact) mass is 321 g/mol. The Balaban J connectivity index is 1.92. The fourth-order valence-corrected chi connectivity index (χ4v) is 2.99. The van der Waals surface area contributed by atoms with Gasteiger partial charge in [-0.25, -0.2) is 0 Å². The maximum atomic E-state index is 12.5. The molecule has 1 aromatic carbocycles. The molecule has 0 bridgehead atoms. The molecule has 3 nitrogen and oxygen atoms in total. The molecule has 1 aromatic heterocycles. The van der Waals surface area contributed by atoms with Gasteiger partial charge in [0.15, 0.2) is 5.76 Å². The van der Waals surface area contributed by atoms with Gasteiger partial charge in [-0.1, -0.05) is 15.9 Å². The summed E-state index contributed by atoms with van der Waals surface area (Å²) < 4.78 is 6.65. The van der Waals surface area contributed by atoms with Gasteiger partial charge < -0.3 is 9.32 Å². The molecule has 3 rings (SSSR count). The normalized spacial score (nSPS) is 19.9. The molecular weight excluding hydrogens is 306 g/mol. The van der Waals surface area contributed by atoms with Crippen LogP contribution in [0.5, 0.6) is 0 Å². The number of carbonyl (C=O) groups is 1. The summed E-state index contributed by atoms with van der Waals surface area (Å²) in [7, 11) is 0. The fourth-order valence-electron chi connectivity index (χ4n) is 2.65. The molecule has 0 saturated carbocycles. The fraction of sp³-hybridized carbons (Fsp3) is 0.400. The highest BCUT2D eigenvalue weighted by atomic mass is 79.9. The van der Waals surface area contributed by atoms with Crippen molar-refractivity contribution < 1.29 is 9.21 Å². The third kappa shape index (κ3) is 2.41. The molecule has 1 aliphatic heterocycles. The summed E-state index contributed by atoms with van der Waals surface area (Å²) in [6.45, 7) is 2.94. The number of hydrogen-bond acceptors (Lipinski definition) is 2. The third-order valence-corrected chi connectivity index (χ3v) is 4.25. The number of nitrogens with zero attached hydrogens (tertiary/aromatic N) is 1. The summed E-state index contributed by atoms with van der Waals surface area (Å²) >= 11 is 3.41. The number of piperidine rings is 1. The van der Waals surface area contributed by atoms with Gasteiger partial charge in [0, 0.05) is 22.4 Å². The van der Waals surface area contributed by atoms with Crippen molar-refractivity contribution in [1.29, 1.82) is 0 Å². The molecule has 0 spiro atoms. The van der Waals surface area contributed by atoms with Crippen LogP contribution in [0.2, 0.25) is 0 Å². The Morgan fingerprint density at radius 2 is 2.21 bits per heavy atom. The van der Waals surface area contributed by atoms with Crippen molar-refractivity contribution >= 4 is 32.8 Å². The summed E-state index contributed by atoms with van der Waals surface area (Å²) in [6.07, 6.45) is 3.37. The van der Waals surface area contributed by atoms with Crippen LogP contribution in [-0.2, 0) is 0 Å². The lowest BCUT2D eigenvalue weighted by atomic mass is 10.0. The van der Waals surface area contributed by atoms with Gasteiger partial charge in [-0.05, 0) is 50.5 Å². The first-order chi connectivity index (χ1) is 9.15. The van der Waals surface area contributed by atoms with Gasteiger partial charge in [-0.15, -0.1) is 0 Å². The Hall–Kier alpha value is -1.29. The van der Waals surface area contributed by atoms with Gasteiger partial charge >= 0.3 is 0 Å². The standard InChI is InChI=1S/C15H16BrNO2/c1-10-4-2-3-7-17(10)15(18)14-8-11-5-6-12(16)9-13(11)19-14/h5-6,8-10H,2-4,7H2,1H3. The minimum absolute atomic E-state index is 0.0134. The molecule has 1 atom stereocenters. The second-order valence-corrected chi connectivity index (χ2v) is 6.05. The van der Waals surface area contributed by atoms with Crippen LogP contribution in [0.1, 0.15) is 36.7 Å². The van der Waals surface area contributed by atoms with Crippen LogP contribution in [0.15, 0.2) is 33.2 Å². The number of fused-ring (bicyclic) bond motifs is 1. The predicted octanol–water partition coefficient (Wildman–Crippen LogP) is 4.21. The van der Waals surface area contributed by atoms with Crippen molar-refractivity contribution in [1.82, 2.24) is 4.90 Å². The number of halogens is 1. The van der Waals surface area contributed by atoms with Gasteiger partial charge in [0.05, 0.1) is 0 Å². The summed E-state index contributed by atoms with van der Waals surface area (Å²) in [4.78, 5) is 14.4. The van der Waals surface area contributed by atoms with Crippen LogP contribution < -0.4 is 0 Å². The Morgan fingerprint density at radius 3 is 3.00 bits per heavy atom. The number of carbonyl (C=O) groups excluding carboxylic acids is 1. The van der Waals surface area contributed by atoms with Gasteiger partial charge in [0.25, 0.3) is 5.91 Å². The lowest BCUT2D eigenvalue weighted by molar-refractivity contribution is 0.0605. The van der Waals surface area contributed by atoms with Crippen molar-refractivity contribution in [2.24, 2.45) is 0 Å². The van der Waals surface area contributed by atoms with Crippen molar-refractivity contribution in [2.45, 2.75) is 32.2 Å². The van der Waals surface area contributed by atoms with E-state index in [1.54, 1.807) is 0 Å². The van der Waals surface area contributed by atoms with E-state index in [4.69, 9.17) is 4.42 Å². The second kappa shape index (κ2) is 5.00. The molecule has 1 saturated heterocycles. The van der Waals surface area contributed by atoms with E-state index in [-0.39, 0.29) is 5.91 Å². The molecule has 2 heterocycles. The highest BCUT2D eigenvalue weighted by molar-refractivity contribution is 9.10. The van der Waals surface area contributed by atoms with Gasteiger partial charge in [0.1, 0.15) is 5.58 Å². The number of rotatable bonds is 1. The maximum Gasteiger partial charge on any atom is 0.289 e. The van der Waals surface area contributed by atoms with Crippen LogP contribution >= 0.6 is 15.9 Å². The molecule has 1 fully saturated rings. The molecular formula is C15H16BrNO2. The van der Waals surface area contributed by atoms with Crippen LogP contribution in [0.3, 0.4) is 0 Å². The van der Waals surface area contributed by atoms with E-state index in [2.05, 4.69) is 22.9 Å². The average molecular weight is 322 g/mol. The quantitative estimate of drug-likeness (QED) is 0.788. The smallest absolute Gasteiger partial charge is 0.289 e. The highest BCUT2D eigenvalue weighted by Gasteiger charge is 2.26. The zero-order valence-electron chi connectivity index (χ0n) is 10.9. The molecule has 4 heteroatoms. The largest absolute Gasteiger partial charge is 0.451 e. The highest BCUT2D eigenvalue weighted by Crippen LogP contribution is 2.26. The molecule has 1 amide bonds. The van der Waals surface area contributed by atoms with E-state index in [1.165, 1.54) is 6.42 Å². The number of amides is 1. The van der Waals surface area contributed by atoms with Crippen LogP contribution in [0.4, 0.5) is 0 Å². The molecule has 1 aliphatic rings. The van der Waals surface area contributed by atoms with Crippen molar-refractivity contribution in [3.05, 3.63) is 34.5 Å². The summed E-state index contributed by atoms with van der Waals surface area (Å²) in [5, 5.41) is 0.969. The minimum Gasteiger partial charge on any atom is -0.451 e. The van der Waals surface area contributed by atoms with Gasteiger partial charge in [-0.2, -0.15) is 0 Å². The van der Waals surface area contributed by atoms with E-state index in [1.807, 2.05) is 29.2 Å². The Labute approximate surface area is 120 Å². The molecule has 2 aromatic rings. The zero-order valence-corrected chi connectivity index (χ0v) is 12.4. The number of furan rings is 1. The van der Waals surface area contributed by atoms with Gasteiger partial charge in [-0.3, -0.25) is 4.79 Å². The molecule has 0 N–H and O–H groups in total. The average Bonchev–Trinajstić information content (AvgIpc) is 2.81. The second-order valence-electron chi connectivity index (χ2n) is 5.14. The minimum atomic E-state index is 0.0134. The number of hydrogen-bond donors (Lipinski definition) is 0. The molecule has 100 valence electrons.